The van der Waals surface area contributed by atoms with E-state index in [-0.39, 0.29) is 6.73 Å². The van der Waals surface area contributed by atoms with Crippen LogP contribution in [-0.4, -0.2) is 6.73 Å². The first-order valence-electron chi connectivity index (χ1n) is 3.56. The molecule has 0 atom stereocenters. The first-order valence-corrected chi connectivity index (χ1v) is 3.56. The average molecular weight is 163 g/mol. The van der Waals surface area contributed by atoms with Gasteiger partial charge in [-0.1, -0.05) is 35.4 Å². The summed E-state index contributed by atoms with van der Waals surface area (Å²) in [6.07, 6.45) is 0. The SMILES string of the molecule is [N-]=[N+]=NCOCc1ccccc1. The Morgan fingerprint density at radius 1 is 1.33 bits per heavy atom. The number of ether oxygens (including phenoxy) is 1. The van der Waals surface area contributed by atoms with Crippen LogP contribution in [0, 0.1) is 0 Å². The van der Waals surface area contributed by atoms with Gasteiger partial charge in [0, 0.05) is 4.91 Å². The Labute approximate surface area is 70.4 Å². The predicted octanol–water partition coefficient (Wildman–Crippen LogP) is 2.47. The molecule has 0 aliphatic carbocycles. The Morgan fingerprint density at radius 2 is 2.08 bits per heavy atom. The van der Waals surface area contributed by atoms with E-state index in [4.69, 9.17) is 10.3 Å². The van der Waals surface area contributed by atoms with E-state index in [1.165, 1.54) is 0 Å². The molecular formula is C8H9N3O. The molecule has 0 bridgehead atoms. The summed E-state index contributed by atoms with van der Waals surface area (Å²) >= 11 is 0. The monoisotopic (exact) mass is 163 g/mol. The van der Waals surface area contributed by atoms with Gasteiger partial charge < -0.3 is 4.74 Å². The largest absolute Gasteiger partial charge is 0.371 e. The van der Waals surface area contributed by atoms with Crippen LogP contribution in [0.1, 0.15) is 5.56 Å². The number of nitrogens with zero attached hydrogens (tertiary/aromatic N) is 3. The summed E-state index contributed by atoms with van der Waals surface area (Å²) in [6.45, 7) is 0.575. The molecule has 12 heavy (non-hydrogen) atoms. The van der Waals surface area contributed by atoms with Crippen LogP contribution < -0.4 is 0 Å². The van der Waals surface area contributed by atoms with Crippen molar-refractivity contribution in [1.29, 1.82) is 0 Å². The number of azide groups is 1. The predicted molar refractivity (Wildman–Crippen MR) is 45.2 cm³/mol. The van der Waals surface area contributed by atoms with Gasteiger partial charge in [-0.2, -0.15) is 0 Å². The van der Waals surface area contributed by atoms with Gasteiger partial charge in [-0.25, -0.2) is 0 Å². The highest BCUT2D eigenvalue weighted by Gasteiger charge is 1.88. The van der Waals surface area contributed by atoms with Gasteiger partial charge in [0.05, 0.1) is 6.61 Å². The van der Waals surface area contributed by atoms with E-state index in [0.29, 0.717) is 6.61 Å². The van der Waals surface area contributed by atoms with Crippen LogP contribution >= 0.6 is 0 Å². The molecule has 0 amide bonds. The molecule has 0 saturated heterocycles. The van der Waals surface area contributed by atoms with Crippen molar-refractivity contribution < 1.29 is 4.74 Å². The number of hydrogen-bond donors (Lipinski definition) is 0. The summed E-state index contributed by atoms with van der Waals surface area (Å²) in [5.41, 5.74) is 9.02. The van der Waals surface area contributed by atoms with Crippen LogP contribution in [0.5, 0.6) is 0 Å². The fourth-order valence-corrected chi connectivity index (χ4v) is 0.804. The molecule has 4 nitrogen and oxygen atoms in total. The quantitative estimate of drug-likeness (QED) is 0.291. The fraction of sp³-hybridized carbons (Fsp3) is 0.250. The smallest absolute Gasteiger partial charge is 0.126 e. The van der Waals surface area contributed by atoms with Gasteiger partial charge in [-0.3, -0.25) is 0 Å². The van der Waals surface area contributed by atoms with Crippen LogP contribution in [-0.2, 0) is 11.3 Å². The van der Waals surface area contributed by atoms with Gasteiger partial charge in [-0.15, -0.1) is 0 Å². The second-order valence-electron chi connectivity index (χ2n) is 2.19. The Balaban J connectivity index is 2.29. The molecule has 0 fully saturated rings. The van der Waals surface area contributed by atoms with Crippen molar-refractivity contribution in [3.8, 4) is 0 Å². The lowest BCUT2D eigenvalue weighted by Gasteiger charge is -1.98. The van der Waals surface area contributed by atoms with Crippen LogP contribution in [0.3, 0.4) is 0 Å². The normalized spacial score (nSPS) is 9.00. The maximum Gasteiger partial charge on any atom is 0.126 e. The van der Waals surface area contributed by atoms with E-state index in [1.54, 1.807) is 0 Å². The van der Waals surface area contributed by atoms with E-state index in [9.17, 15) is 0 Å². The molecular weight excluding hydrogens is 154 g/mol. The minimum absolute atomic E-state index is 0.0887. The van der Waals surface area contributed by atoms with E-state index >= 15 is 0 Å². The molecule has 1 aromatic rings. The molecule has 0 spiro atoms. The van der Waals surface area contributed by atoms with Crippen molar-refractivity contribution in [2.45, 2.75) is 6.61 Å². The molecule has 0 aromatic heterocycles. The van der Waals surface area contributed by atoms with E-state index < -0.39 is 0 Å². The molecule has 0 unspecified atom stereocenters. The molecule has 0 aliphatic rings. The zero-order valence-electron chi connectivity index (χ0n) is 6.55. The second kappa shape index (κ2) is 5.18. The van der Waals surface area contributed by atoms with Gasteiger partial charge in [0.2, 0.25) is 0 Å². The Bertz CT molecular complexity index is 267. The summed E-state index contributed by atoms with van der Waals surface area (Å²) in [5.74, 6) is 0. The third kappa shape index (κ3) is 3.05. The van der Waals surface area contributed by atoms with Crippen molar-refractivity contribution in [3.05, 3.63) is 46.3 Å². The van der Waals surface area contributed by atoms with Crippen molar-refractivity contribution in [1.82, 2.24) is 0 Å². The van der Waals surface area contributed by atoms with Gasteiger partial charge in [0.15, 0.2) is 0 Å². The zero-order chi connectivity index (χ0) is 8.65. The summed E-state index contributed by atoms with van der Waals surface area (Å²) in [4.78, 5) is 2.57. The first-order chi connectivity index (χ1) is 5.93. The molecule has 0 heterocycles. The molecule has 0 N–H and O–H groups in total. The number of rotatable bonds is 4. The third-order valence-corrected chi connectivity index (χ3v) is 1.32. The Morgan fingerprint density at radius 3 is 2.75 bits per heavy atom. The zero-order valence-corrected chi connectivity index (χ0v) is 6.55. The lowest BCUT2D eigenvalue weighted by atomic mass is 10.2. The lowest BCUT2D eigenvalue weighted by Crippen LogP contribution is -1.91. The minimum Gasteiger partial charge on any atom is -0.371 e. The summed E-state index contributed by atoms with van der Waals surface area (Å²) in [7, 11) is 0. The molecule has 0 radical (unpaired) electrons. The summed E-state index contributed by atoms with van der Waals surface area (Å²) < 4.78 is 5.04. The first kappa shape index (κ1) is 8.59. The van der Waals surface area contributed by atoms with Crippen molar-refractivity contribution >= 4 is 0 Å². The van der Waals surface area contributed by atoms with Crippen LogP contribution in [0.25, 0.3) is 10.4 Å². The number of benzene rings is 1. The molecule has 0 saturated carbocycles. The maximum atomic E-state index is 7.94. The highest BCUT2D eigenvalue weighted by atomic mass is 16.5. The van der Waals surface area contributed by atoms with Crippen molar-refractivity contribution in [3.63, 3.8) is 0 Å². The standard InChI is InChI=1S/C8H9N3O/c9-11-10-7-12-6-8-4-2-1-3-5-8/h1-5H,6-7H2. The summed E-state index contributed by atoms with van der Waals surface area (Å²) in [6, 6.07) is 9.72. The molecule has 1 rings (SSSR count). The Kier molecular flexibility index (Phi) is 3.71. The summed E-state index contributed by atoms with van der Waals surface area (Å²) in [5, 5.41) is 3.25. The van der Waals surface area contributed by atoms with Crippen molar-refractivity contribution in [2.75, 3.05) is 6.73 Å². The van der Waals surface area contributed by atoms with E-state index in [1.807, 2.05) is 30.3 Å². The lowest BCUT2D eigenvalue weighted by molar-refractivity contribution is 0.127. The van der Waals surface area contributed by atoms with Crippen LogP contribution in [0.15, 0.2) is 35.4 Å². The minimum atomic E-state index is 0.0887. The molecule has 4 heteroatoms. The third-order valence-electron chi connectivity index (χ3n) is 1.32. The maximum absolute atomic E-state index is 7.94. The molecule has 1 aromatic carbocycles. The van der Waals surface area contributed by atoms with E-state index in [0.717, 1.165) is 5.56 Å². The molecule has 62 valence electrons. The van der Waals surface area contributed by atoms with E-state index in [2.05, 4.69) is 10.0 Å². The highest BCUT2D eigenvalue weighted by molar-refractivity contribution is 5.13. The second-order valence-corrected chi connectivity index (χ2v) is 2.19. The highest BCUT2D eigenvalue weighted by Crippen LogP contribution is 1.99. The van der Waals surface area contributed by atoms with Crippen LogP contribution in [0.2, 0.25) is 0 Å². The number of hydrogen-bond acceptors (Lipinski definition) is 2. The average Bonchev–Trinajstić information content (AvgIpc) is 2.14. The molecule has 0 aliphatic heterocycles. The van der Waals surface area contributed by atoms with Gasteiger partial charge in [0.25, 0.3) is 0 Å². The Hall–Kier alpha value is -1.51. The van der Waals surface area contributed by atoms with Gasteiger partial charge in [-0.05, 0) is 11.1 Å². The fourth-order valence-electron chi connectivity index (χ4n) is 0.804. The van der Waals surface area contributed by atoms with Crippen molar-refractivity contribution in [2.24, 2.45) is 5.11 Å². The van der Waals surface area contributed by atoms with Gasteiger partial charge >= 0.3 is 0 Å². The van der Waals surface area contributed by atoms with Gasteiger partial charge in [0.1, 0.15) is 6.73 Å². The van der Waals surface area contributed by atoms with Crippen LogP contribution in [0.4, 0.5) is 0 Å². The topological polar surface area (TPSA) is 58.0 Å².